The molecular weight excluding hydrogens is 1350 g/mol. The zero-order chi connectivity index (χ0) is 74.0. The van der Waals surface area contributed by atoms with Crippen LogP contribution in [0.2, 0.25) is 0 Å². The van der Waals surface area contributed by atoms with Crippen molar-refractivity contribution >= 4 is 121 Å². The number of hydrogen-bond acceptors (Lipinski definition) is 4. The number of benzene rings is 18. The molecular formula is C107H74N2O2. The molecule has 2 aliphatic carbocycles. The Hall–Kier alpha value is -13.8. The van der Waals surface area contributed by atoms with Crippen LogP contribution >= 0.6 is 0 Å². The van der Waals surface area contributed by atoms with E-state index in [1.54, 1.807) is 0 Å². The van der Waals surface area contributed by atoms with Crippen LogP contribution in [0.15, 0.2) is 367 Å². The van der Waals surface area contributed by atoms with Gasteiger partial charge in [0, 0.05) is 78.4 Å². The topological polar surface area (TPSA) is 32.8 Å². The minimum Gasteiger partial charge on any atom is -0.456 e. The van der Waals surface area contributed by atoms with Gasteiger partial charge in [-0.1, -0.05) is 258 Å². The third kappa shape index (κ3) is 10.2. The minimum absolute atomic E-state index is 0.221. The lowest BCUT2D eigenvalue weighted by atomic mass is 9.82. The van der Waals surface area contributed by atoms with E-state index >= 15 is 0 Å². The monoisotopic (exact) mass is 1420 g/mol. The molecule has 4 heteroatoms. The Bertz CT molecular complexity index is 7320. The van der Waals surface area contributed by atoms with E-state index in [0.29, 0.717) is 0 Å². The summed E-state index contributed by atoms with van der Waals surface area (Å²) in [6, 6.07) is 133. The van der Waals surface area contributed by atoms with Crippen LogP contribution in [0.1, 0.15) is 55.5 Å². The van der Waals surface area contributed by atoms with Crippen molar-refractivity contribution in [1.29, 1.82) is 0 Å². The van der Waals surface area contributed by atoms with E-state index in [0.717, 1.165) is 133 Å². The van der Waals surface area contributed by atoms with Crippen LogP contribution in [0.3, 0.4) is 0 Å². The molecule has 18 aromatic carbocycles. The molecule has 0 atom stereocenters. The lowest BCUT2D eigenvalue weighted by Gasteiger charge is -2.31. The van der Waals surface area contributed by atoms with Gasteiger partial charge in [-0.15, -0.1) is 0 Å². The van der Waals surface area contributed by atoms with Crippen LogP contribution in [-0.4, -0.2) is 0 Å². The number of rotatable bonds is 11. The summed E-state index contributed by atoms with van der Waals surface area (Å²) >= 11 is 0. The molecule has 20 aromatic rings. The highest BCUT2D eigenvalue weighted by Gasteiger charge is 2.38. The average Bonchev–Trinajstić information content (AvgIpc) is 1.56. The van der Waals surface area contributed by atoms with E-state index in [-0.39, 0.29) is 10.8 Å². The highest BCUT2D eigenvalue weighted by Crippen LogP contribution is 2.56. The molecule has 2 heterocycles. The smallest absolute Gasteiger partial charge is 0.137 e. The minimum atomic E-state index is -0.231. The normalized spacial score (nSPS) is 13.2. The number of fused-ring (bicyclic) bond motifs is 16. The Balaban J connectivity index is 0.702. The SMILES string of the molecule is Cc1cc(-c2cccc3ccccc23)cc(-c2ccc3ccccc3c2)c1N(c1ccc2c(c1)C(C)(C)c1ccccc1-2)c1ccc2c(c1)oc1cc(-c3cc(-c4ccc(N(c5ccc6c(c5)C(C)(C)c5ccccc5-6)c5ccc6c(c5)oc5ccccc56)c(-c5ccc6ccccc6c5)c4)c4ccccc4c3)ccc12. The fourth-order valence-electron chi connectivity index (χ4n) is 18.9. The van der Waals surface area contributed by atoms with Crippen LogP contribution in [0.25, 0.3) is 165 Å². The predicted molar refractivity (Wildman–Crippen MR) is 467 cm³/mol. The van der Waals surface area contributed by atoms with Gasteiger partial charge in [0.1, 0.15) is 22.3 Å². The van der Waals surface area contributed by atoms with E-state index in [1.807, 2.05) is 6.07 Å². The molecule has 0 aliphatic heterocycles. The molecule has 0 fully saturated rings. The molecule has 0 saturated carbocycles. The molecule has 0 unspecified atom stereocenters. The highest BCUT2D eigenvalue weighted by atomic mass is 16.3. The van der Waals surface area contributed by atoms with Gasteiger partial charge in [-0.3, -0.25) is 0 Å². The van der Waals surface area contributed by atoms with Crippen LogP contribution in [0.4, 0.5) is 34.1 Å². The van der Waals surface area contributed by atoms with Gasteiger partial charge >= 0.3 is 0 Å². The Kier molecular flexibility index (Phi) is 14.3. The second-order valence-corrected chi connectivity index (χ2v) is 31.6. The molecule has 4 nitrogen and oxygen atoms in total. The Morgan fingerprint density at radius 1 is 0.216 bits per heavy atom. The lowest BCUT2D eigenvalue weighted by molar-refractivity contribution is 0.660. The van der Waals surface area contributed by atoms with Gasteiger partial charge in [-0.25, -0.2) is 0 Å². The zero-order valence-electron chi connectivity index (χ0n) is 62.3. The van der Waals surface area contributed by atoms with Gasteiger partial charge in [0.15, 0.2) is 0 Å². The van der Waals surface area contributed by atoms with Crippen LogP contribution in [-0.2, 0) is 10.8 Å². The summed E-state index contributed by atoms with van der Waals surface area (Å²) in [7, 11) is 0. The van der Waals surface area contributed by atoms with Gasteiger partial charge in [0.25, 0.3) is 0 Å². The van der Waals surface area contributed by atoms with Crippen molar-refractivity contribution in [2.24, 2.45) is 0 Å². The average molecular weight is 1420 g/mol. The summed E-state index contributed by atoms with van der Waals surface area (Å²) < 4.78 is 14.0. The molecule has 2 aromatic heterocycles. The second kappa shape index (κ2) is 24.6. The number of nitrogens with zero attached hydrogens (tertiary/aromatic N) is 2. The molecule has 2 aliphatic rings. The van der Waals surface area contributed by atoms with Gasteiger partial charge in [0.05, 0.1) is 11.4 Å². The van der Waals surface area contributed by atoms with Crippen molar-refractivity contribution in [2.75, 3.05) is 9.80 Å². The van der Waals surface area contributed by atoms with Crippen molar-refractivity contribution < 1.29 is 8.83 Å². The highest BCUT2D eigenvalue weighted by molar-refractivity contribution is 6.11. The Labute approximate surface area is 644 Å². The second-order valence-electron chi connectivity index (χ2n) is 31.6. The number of anilines is 6. The first kappa shape index (κ1) is 64.4. The molecule has 0 N–H and O–H groups in total. The molecule has 0 saturated heterocycles. The molecule has 111 heavy (non-hydrogen) atoms. The predicted octanol–water partition coefficient (Wildman–Crippen LogP) is 30.3. The van der Waals surface area contributed by atoms with E-state index in [9.17, 15) is 0 Å². The van der Waals surface area contributed by atoms with Crippen LogP contribution in [0, 0.1) is 6.92 Å². The number of aryl methyl sites for hydroxylation is 1. The number of furan rings is 2. The zero-order valence-corrected chi connectivity index (χ0v) is 62.3. The quantitative estimate of drug-likeness (QED) is 0.129. The third-order valence-corrected chi connectivity index (χ3v) is 24.5. The number of para-hydroxylation sites is 1. The lowest BCUT2D eigenvalue weighted by Crippen LogP contribution is -2.17. The first-order valence-corrected chi connectivity index (χ1v) is 38.7. The maximum atomic E-state index is 7.30. The first-order chi connectivity index (χ1) is 54.4. The fraction of sp³-hybridized carbons (Fsp3) is 0.0654. The molecule has 0 amide bonds. The van der Waals surface area contributed by atoms with E-state index in [2.05, 4.69) is 396 Å². The molecule has 524 valence electrons. The maximum absolute atomic E-state index is 7.30. The molecule has 0 spiro atoms. The van der Waals surface area contributed by atoms with Gasteiger partial charge < -0.3 is 18.6 Å². The molecule has 0 radical (unpaired) electrons. The summed E-state index contributed by atoms with van der Waals surface area (Å²) in [6.07, 6.45) is 0. The van der Waals surface area contributed by atoms with Gasteiger partial charge in [0.2, 0.25) is 0 Å². The van der Waals surface area contributed by atoms with Crippen LogP contribution in [0.5, 0.6) is 0 Å². The molecule has 22 rings (SSSR count). The number of hydrogen-bond donors (Lipinski definition) is 0. The largest absolute Gasteiger partial charge is 0.456 e. The van der Waals surface area contributed by atoms with E-state index in [1.165, 1.54) is 93.3 Å². The van der Waals surface area contributed by atoms with Crippen molar-refractivity contribution in [1.82, 2.24) is 0 Å². The van der Waals surface area contributed by atoms with Gasteiger partial charge in [-0.05, 0) is 260 Å². The van der Waals surface area contributed by atoms with Crippen molar-refractivity contribution in [3.05, 3.63) is 386 Å². The van der Waals surface area contributed by atoms with Crippen LogP contribution < -0.4 is 9.80 Å². The maximum Gasteiger partial charge on any atom is 0.137 e. The Morgan fingerprint density at radius 3 is 1.29 bits per heavy atom. The Morgan fingerprint density at radius 2 is 0.631 bits per heavy atom. The third-order valence-electron chi connectivity index (χ3n) is 24.5. The summed E-state index contributed by atoms with van der Waals surface area (Å²) in [5, 5.41) is 13.9. The van der Waals surface area contributed by atoms with Crippen molar-refractivity contribution in [2.45, 2.75) is 45.4 Å². The summed E-state index contributed by atoms with van der Waals surface area (Å²) in [6.45, 7) is 11.8. The van der Waals surface area contributed by atoms with Crippen molar-refractivity contribution in [3.63, 3.8) is 0 Å². The van der Waals surface area contributed by atoms with Crippen molar-refractivity contribution in [3.8, 4) is 77.9 Å². The first-order valence-electron chi connectivity index (χ1n) is 38.7. The van der Waals surface area contributed by atoms with E-state index in [4.69, 9.17) is 8.83 Å². The van der Waals surface area contributed by atoms with E-state index < -0.39 is 0 Å². The summed E-state index contributed by atoms with van der Waals surface area (Å²) in [4.78, 5) is 4.96. The fourth-order valence-corrected chi connectivity index (χ4v) is 18.9. The standard InChI is InChI=1S/C107H74N2O2/c1-65-53-77(84-33-20-27-68-23-10-12-28-82(68)84)59-95(74-40-38-67-22-7-9-25-70(67)55-74)105(65)109(79-44-49-88-86-31-15-18-35-97(86)107(4,5)99(88)62-79)81-46-51-92-90-47-41-71(60-102(90)111-104(92)64-81)76-56-72-26-11-13-29-83(72)93(58-76)75-42-52-100(94(57-75)73-39-37-66-21-6-8-24-69(66)54-73)108(80-45-50-91-89-32-16-19-36-101(89)110-103(91)63-80)78-43-48-87-85-30-14-17-34-96(85)106(2,3)98(87)61-78/h6-64H,1-5H3. The summed E-state index contributed by atoms with van der Waals surface area (Å²) in [5.74, 6) is 0. The summed E-state index contributed by atoms with van der Waals surface area (Å²) in [5.41, 5.74) is 32.1. The molecule has 0 bridgehead atoms. The van der Waals surface area contributed by atoms with Gasteiger partial charge in [-0.2, -0.15) is 0 Å².